The summed E-state index contributed by atoms with van der Waals surface area (Å²) < 4.78 is 7.03. The maximum Gasteiger partial charge on any atom is 0.130 e. The molecule has 0 saturated carbocycles. The maximum absolute atomic E-state index is 5.96. The van der Waals surface area contributed by atoms with E-state index in [2.05, 4.69) is 35.8 Å². The second kappa shape index (κ2) is 6.44. The van der Waals surface area contributed by atoms with Gasteiger partial charge in [-0.25, -0.2) is 0 Å². The van der Waals surface area contributed by atoms with E-state index in [1.54, 1.807) is 0 Å². The Morgan fingerprint density at radius 2 is 1.79 bits per heavy atom. The molecule has 0 aromatic heterocycles. The molecule has 0 radical (unpaired) electrons. The van der Waals surface area contributed by atoms with Gasteiger partial charge in [-0.3, -0.25) is 0 Å². The number of alkyl halides is 1. The van der Waals surface area contributed by atoms with Crippen LogP contribution in [0.15, 0.2) is 46.9 Å². The minimum Gasteiger partial charge on any atom is -0.457 e. The van der Waals surface area contributed by atoms with Crippen molar-refractivity contribution in [1.29, 1.82) is 0 Å². The summed E-state index contributed by atoms with van der Waals surface area (Å²) in [7, 11) is 0. The van der Waals surface area contributed by atoms with E-state index in [4.69, 9.17) is 16.3 Å². The third-order valence-electron chi connectivity index (χ3n) is 2.90. The van der Waals surface area contributed by atoms with Crippen LogP contribution in [-0.4, -0.2) is 0 Å². The fourth-order valence-electron chi connectivity index (χ4n) is 1.84. The summed E-state index contributed by atoms with van der Waals surface area (Å²) in [4.78, 5) is 0. The standard InChI is InChI=1S/C16H16BrClO/c1-11(2)15-9-13(17)5-8-16(15)19-14-6-3-12(10-18)4-7-14/h3-9,11H,10H2,1-2H3. The number of hydrogen-bond acceptors (Lipinski definition) is 1. The molecule has 0 N–H and O–H groups in total. The van der Waals surface area contributed by atoms with Crippen molar-refractivity contribution >= 4 is 27.5 Å². The number of halogens is 2. The van der Waals surface area contributed by atoms with Gasteiger partial charge in [-0.1, -0.05) is 41.9 Å². The van der Waals surface area contributed by atoms with Crippen molar-refractivity contribution < 1.29 is 4.74 Å². The fourth-order valence-corrected chi connectivity index (χ4v) is 2.39. The molecular formula is C16H16BrClO. The van der Waals surface area contributed by atoms with Crippen molar-refractivity contribution in [3.63, 3.8) is 0 Å². The second-order valence-corrected chi connectivity index (χ2v) is 5.90. The molecule has 0 fully saturated rings. The van der Waals surface area contributed by atoms with Crippen molar-refractivity contribution in [3.05, 3.63) is 58.1 Å². The third kappa shape index (κ3) is 3.74. The molecule has 0 saturated heterocycles. The molecule has 0 atom stereocenters. The lowest BCUT2D eigenvalue weighted by molar-refractivity contribution is 0.473. The zero-order valence-electron chi connectivity index (χ0n) is 11.0. The third-order valence-corrected chi connectivity index (χ3v) is 3.70. The van der Waals surface area contributed by atoms with Crippen LogP contribution >= 0.6 is 27.5 Å². The molecule has 2 aromatic carbocycles. The van der Waals surface area contributed by atoms with Gasteiger partial charge in [0.15, 0.2) is 0 Å². The van der Waals surface area contributed by atoms with Gasteiger partial charge < -0.3 is 4.74 Å². The molecule has 1 nitrogen and oxygen atoms in total. The number of benzene rings is 2. The monoisotopic (exact) mass is 338 g/mol. The average Bonchev–Trinajstić information content (AvgIpc) is 2.41. The minimum absolute atomic E-state index is 0.412. The zero-order chi connectivity index (χ0) is 13.8. The number of ether oxygens (including phenoxy) is 1. The van der Waals surface area contributed by atoms with Gasteiger partial charge in [-0.15, -0.1) is 11.6 Å². The predicted molar refractivity (Wildman–Crippen MR) is 84.3 cm³/mol. The first kappa shape index (κ1) is 14.4. The molecule has 19 heavy (non-hydrogen) atoms. The van der Waals surface area contributed by atoms with Gasteiger partial charge in [0.1, 0.15) is 11.5 Å². The van der Waals surface area contributed by atoms with Gasteiger partial charge in [-0.05, 0) is 47.4 Å². The molecule has 0 aliphatic carbocycles. The van der Waals surface area contributed by atoms with Crippen molar-refractivity contribution in [2.24, 2.45) is 0 Å². The van der Waals surface area contributed by atoms with Gasteiger partial charge in [0.2, 0.25) is 0 Å². The summed E-state index contributed by atoms with van der Waals surface area (Å²) in [6, 6.07) is 14.0. The van der Waals surface area contributed by atoms with E-state index in [1.165, 1.54) is 5.56 Å². The van der Waals surface area contributed by atoms with Crippen LogP contribution in [-0.2, 0) is 5.88 Å². The van der Waals surface area contributed by atoms with E-state index in [1.807, 2.05) is 36.4 Å². The van der Waals surface area contributed by atoms with E-state index in [0.29, 0.717) is 11.8 Å². The van der Waals surface area contributed by atoms with E-state index in [0.717, 1.165) is 21.5 Å². The summed E-state index contributed by atoms with van der Waals surface area (Å²) in [6.07, 6.45) is 0. The van der Waals surface area contributed by atoms with E-state index in [-0.39, 0.29) is 0 Å². The Bertz CT molecular complexity index is 549. The molecule has 2 aromatic rings. The van der Waals surface area contributed by atoms with Gasteiger partial charge in [0.25, 0.3) is 0 Å². The van der Waals surface area contributed by atoms with Gasteiger partial charge >= 0.3 is 0 Å². The molecule has 0 aliphatic heterocycles. The molecule has 0 aliphatic rings. The second-order valence-electron chi connectivity index (χ2n) is 4.72. The largest absolute Gasteiger partial charge is 0.457 e. The lowest BCUT2D eigenvalue weighted by atomic mass is 10.0. The summed E-state index contributed by atoms with van der Waals surface area (Å²) in [5, 5.41) is 0. The van der Waals surface area contributed by atoms with Crippen LogP contribution in [0.25, 0.3) is 0 Å². The molecular weight excluding hydrogens is 324 g/mol. The summed E-state index contributed by atoms with van der Waals surface area (Å²) in [6.45, 7) is 4.32. The predicted octanol–water partition coefficient (Wildman–Crippen LogP) is 6.10. The smallest absolute Gasteiger partial charge is 0.130 e. The molecule has 100 valence electrons. The highest BCUT2D eigenvalue weighted by Crippen LogP contribution is 2.32. The molecule has 0 spiro atoms. The Morgan fingerprint density at radius 3 is 2.37 bits per heavy atom. The molecule has 3 heteroatoms. The molecule has 0 unspecified atom stereocenters. The Kier molecular flexibility index (Phi) is 4.89. The first-order chi connectivity index (χ1) is 9.10. The Morgan fingerprint density at radius 1 is 1.11 bits per heavy atom. The number of rotatable bonds is 4. The van der Waals surface area contributed by atoms with Crippen LogP contribution in [0.1, 0.15) is 30.9 Å². The summed E-state index contributed by atoms with van der Waals surface area (Å²) in [5.74, 6) is 2.67. The topological polar surface area (TPSA) is 9.23 Å². The molecule has 0 bridgehead atoms. The highest BCUT2D eigenvalue weighted by atomic mass is 79.9. The fraction of sp³-hybridized carbons (Fsp3) is 0.250. The zero-order valence-corrected chi connectivity index (χ0v) is 13.3. The SMILES string of the molecule is CC(C)c1cc(Br)ccc1Oc1ccc(CCl)cc1. The Labute approximate surface area is 127 Å². The molecule has 2 rings (SSSR count). The van der Waals surface area contributed by atoms with Crippen LogP contribution in [0, 0.1) is 0 Å². The molecule has 0 amide bonds. The van der Waals surface area contributed by atoms with Crippen LogP contribution < -0.4 is 4.74 Å². The van der Waals surface area contributed by atoms with Crippen molar-refractivity contribution in [2.75, 3.05) is 0 Å². The van der Waals surface area contributed by atoms with Crippen molar-refractivity contribution in [3.8, 4) is 11.5 Å². The van der Waals surface area contributed by atoms with Gasteiger partial charge in [0.05, 0.1) is 0 Å². The van der Waals surface area contributed by atoms with E-state index >= 15 is 0 Å². The normalized spacial score (nSPS) is 10.8. The first-order valence-corrected chi connectivity index (χ1v) is 7.55. The van der Waals surface area contributed by atoms with Gasteiger partial charge in [-0.2, -0.15) is 0 Å². The Hall–Kier alpha value is -0.990. The summed E-state index contributed by atoms with van der Waals surface area (Å²) in [5.41, 5.74) is 2.28. The van der Waals surface area contributed by atoms with E-state index in [9.17, 15) is 0 Å². The highest BCUT2D eigenvalue weighted by molar-refractivity contribution is 9.10. The summed E-state index contributed by atoms with van der Waals surface area (Å²) >= 11 is 9.28. The van der Waals surface area contributed by atoms with Crippen LogP contribution in [0.4, 0.5) is 0 Å². The highest BCUT2D eigenvalue weighted by Gasteiger charge is 2.09. The van der Waals surface area contributed by atoms with Crippen LogP contribution in [0.3, 0.4) is 0 Å². The lowest BCUT2D eigenvalue weighted by Gasteiger charge is -2.14. The lowest BCUT2D eigenvalue weighted by Crippen LogP contribution is -1.94. The van der Waals surface area contributed by atoms with Crippen LogP contribution in [0.5, 0.6) is 11.5 Å². The van der Waals surface area contributed by atoms with Gasteiger partial charge in [0, 0.05) is 10.4 Å². The average molecular weight is 340 g/mol. The Balaban J connectivity index is 2.26. The quantitative estimate of drug-likeness (QED) is 0.611. The van der Waals surface area contributed by atoms with Crippen molar-refractivity contribution in [1.82, 2.24) is 0 Å². The molecule has 0 heterocycles. The van der Waals surface area contributed by atoms with Crippen molar-refractivity contribution in [2.45, 2.75) is 25.6 Å². The number of hydrogen-bond donors (Lipinski definition) is 0. The van der Waals surface area contributed by atoms with E-state index < -0.39 is 0 Å². The minimum atomic E-state index is 0.412. The van der Waals surface area contributed by atoms with Crippen LogP contribution in [0.2, 0.25) is 0 Å². The first-order valence-electron chi connectivity index (χ1n) is 6.22. The maximum atomic E-state index is 5.96.